The van der Waals surface area contributed by atoms with Crippen molar-refractivity contribution in [1.29, 1.82) is 0 Å². The van der Waals surface area contributed by atoms with Crippen LogP contribution in [0.1, 0.15) is 69.4 Å². The fourth-order valence-corrected chi connectivity index (χ4v) is 4.10. The fraction of sp³-hybridized carbons (Fsp3) is 0.545. The molecular formula is C22H29ClN2O2. The number of nitrogens with one attached hydrogen (secondary N) is 1. The molecule has 0 bridgehead atoms. The Hall–Kier alpha value is -1.81. The highest BCUT2D eigenvalue weighted by Gasteiger charge is 2.35. The molecule has 1 saturated carbocycles. The summed E-state index contributed by atoms with van der Waals surface area (Å²) in [7, 11) is 0. The maximum absolute atomic E-state index is 12.2. The Bertz CT molecular complexity index is 801. The zero-order chi connectivity index (χ0) is 19.6. The smallest absolute Gasteiger partial charge is 0.224 e. The highest BCUT2D eigenvalue weighted by atomic mass is 35.5. The number of aromatic nitrogens is 1. The van der Waals surface area contributed by atoms with Crippen molar-refractivity contribution in [3.63, 3.8) is 0 Å². The average Bonchev–Trinajstić information content (AvgIpc) is 2.99. The third-order valence-corrected chi connectivity index (χ3v) is 5.44. The molecule has 1 aliphatic carbocycles. The van der Waals surface area contributed by atoms with Gasteiger partial charge in [0.25, 0.3) is 0 Å². The zero-order valence-electron chi connectivity index (χ0n) is 16.6. The second kappa shape index (κ2) is 8.05. The average molecular weight is 389 g/mol. The molecule has 4 nitrogen and oxygen atoms in total. The fourth-order valence-electron chi connectivity index (χ4n) is 3.81. The van der Waals surface area contributed by atoms with Gasteiger partial charge >= 0.3 is 0 Å². The molecule has 3 rings (SSSR count). The van der Waals surface area contributed by atoms with Crippen LogP contribution in [0, 0.1) is 18.3 Å². The van der Waals surface area contributed by atoms with Gasteiger partial charge in [-0.2, -0.15) is 0 Å². The van der Waals surface area contributed by atoms with Crippen LogP contribution in [0.2, 0.25) is 5.02 Å². The van der Waals surface area contributed by atoms with Crippen LogP contribution in [0.3, 0.4) is 0 Å². The molecule has 2 aromatic rings. The van der Waals surface area contributed by atoms with Gasteiger partial charge in [0.2, 0.25) is 5.91 Å². The molecule has 146 valence electrons. The Morgan fingerprint density at radius 1 is 1.30 bits per heavy atom. The number of amides is 1. The second-order valence-corrected chi connectivity index (χ2v) is 9.46. The van der Waals surface area contributed by atoms with E-state index in [9.17, 15) is 4.79 Å². The van der Waals surface area contributed by atoms with Gasteiger partial charge in [-0.05, 0) is 55.2 Å². The lowest BCUT2D eigenvalue weighted by Crippen LogP contribution is -2.25. The zero-order valence-corrected chi connectivity index (χ0v) is 17.4. The van der Waals surface area contributed by atoms with Gasteiger partial charge in [-0.25, -0.2) is 0 Å². The summed E-state index contributed by atoms with van der Waals surface area (Å²) in [5.74, 6) is 2.17. The van der Waals surface area contributed by atoms with Crippen molar-refractivity contribution in [1.82, 2.24) is 5.16 Å². The predicted molar refractivity (Wildman–Crippen MR) is 109 cm³/mol. The maximum Gasteiger partial charge on any atom is 0.224 e. The molecule has 1 aromatic carbocycles. The molecule has 27 heavy (non-hydrogen) atoms. The Morgan fingerprint density at radius 3 is 2.70 bits per heavy atom. The van der Waals surface area contributed by atoms with Crippen molar-refractivity contribution < 1.29 is 9.32 Å². The number of nitrogens with zero attached hydrogens (tertiary/aromatic N) is 1. The summed E-state index contributed by atoms with van der Waals surface area (Å²) in [5.41, 5.74) is 2.94. The Labute approximate surface area is 166 Å². The molecule has 1 heterocycles. The van der Waals surface area contributed by atoms with Crippen LogP contribution in [-0.2, 0) is 11.2 Å². The van der Waals surface area contributed by atoms with Crippen molar-refractivity contribution in [3.8, 4) is 0 Å². The van der Waals surface area contributed by atoms with Crippen molar-refractivity contribution in [2.24, 2.45) is 11.3 Å². The molecule has 1 amide bonds. The van der Waals surface area contributed by atoms with E-state index in [0.717, 1.165) is 22.9 Å². The number of anilines is 1. The number of carbonyl (C=O) groups excluding carboxylic acids is 1. The van der Waals surface area contributed by atoms with E-state index in [-0.39, 0.29) is 5.91 Å². The molecular weight excluding hydrogens is 360 g/mol. The van der Waals surface area contributed by atoms with Gasteiger partial charge in [-0.3, -0.25) is 4.79 Å². The Kier molecular flexibility index (Phi) is 5.95. The molecule has 1 aliphatic rings. The quantitative estimate of drug-likeness (QED) is 0.646. The molecule has 0 saturated heterocycles. The van der Waals surface area contributed by atoms with Crippen LogP contribution < -0.4 is 5.32 Å². The molecule has 1 fully saturated rings. The summed E-state index contributed by atoms with van der Waals surface area (Å²) in [4.78, 5) is 12.2. The summed E-state index contributed by atoms with van der Waals surface area (Å²) in [5, 5.41) is 7.56. The SMILES string of the molecule is Cc1ccc(NC(=O)CCc2cc(C3CC(CC(C)(C)C)C3)on2)c(Cl)c1. The highest BCUT2D eigenvalue weighted by molar-refractivity contribution is 6.33. The molecule has 1 aromatic heterocycles. The number of carbonyl (C=O) groups is 1. The largest absolute Gasteiger partial charge is 0.361 e. The molecule has 1 N–H and O–H groups in total. The first-order chi connectivity index (χ1) is 12.7. The first kappa shape index (κ1) is 19.9. The van der Waals surface area contributed by atoms with E-state index in [0.29, 0.717) is 34.9 Å². The van der Waals surface area contributed by atoms with Crippen LogP contribution in [0.15, 0.2) is 28.8 Å². The predicted octanol–water partition coefficient (Wildman–Crippen LogP) is 6.14. The number of hydrogen-bond acceptors (Lipinski definition) is 3. The number of benzene rings is 1. The van der Waals surface area contributed by atoms with Crippen molar-refractivity contribution >= 4 is 23.2 Å². The first-order valence-corrected chi connectivity index (χ1v) is 10.1. The van der Waals surface area contributed by atoms with Crippen LogP contribution in [0.4, 0.5) is 5.69 Å². The summed E-state index contributed by atoms with van der Waals surface area (Å²) >= 11 is 6.16. The summed E-state index contributed by atoms with van der Waals surface area (Å²) in [6.45, 7) is 8.85. The monoisotopic (exact) mass is 388 g/mol. The van der Waals surface area contributed by atoms with E-state index in [1.807, 2.05) is 31.2 Å². The van der Waals surface area contributed by atoms with Crippen LogP contribution in [0.5, 0.6) is 0 Å². The van der Waals surface area contributed by atoms with E-state index in [1.54, 1.807) is 0 Å². The molecule has 0 aliphatic heterocycles. The normalized spacial score (nSPS) is 19.6. The van der Waals surface area contributed by atoms with Crippen molar-refractivity contribution in [3.05, 3.63) is 46.3 Å². The molecule has 0 unspecified atom stereocenters. The van der Waals surface area contributed by atoms with E-state index in [4.69, 9.17) is 16.1 Å². The Morgan fingerprint density at radius 2 is 2.04 bits per heavy atom. The minimum atomic E-state index is -0.0702. The summed E-state index contributed by atoms with van der Waals surface area (Å²) < 4.78 is 5.53. The van der Waals surface area contributed by atoms with Gasteiger partial charge in [0, 0.05) is 24.8 Å². The van der Waals surface area contributed by atoms with Crippen molar-refractivity contribution in [2.75, 3.05) is 5.32 Å². The van der Waals surface area contributed by atoms with Gasteiger partial charge < -0.3 is 9.84 Å². The summed E-state index contributed by atoms with van der Waals surface area (Å²) in [6.07, 6.45) is 4.54. The minimum absolute atomic E-state index is 0.0702. The van der Waals surface area contributed by atoms with Crippen LogP contribution in [0.25, 0.3) is 0 Å². The van der Waals surface area contributed by atoms with E-state index < -0.39 is 0 Å². The van der Waals surface area contributed by atoms with E-state index in [2.05, 4.69) is 31.2 Å². The minimum Gasteiger partial charge on any atom is -0.361 e. The molecule has 0 spiro atoms. The second-order valence-electron chi connectivity index (χ2n) is 9.05. The van der Waals surface area contributed by atoms with Gasteiger partial charge in [0.15, 0.2) is 0 Å². The number of hydrogen-bond donors (Lipinski definition) is 1. The first-order valence-electron chi connectivity index (χ1n) is 9.71. The third kappa shape index (κ3) is 5.58. The summed E-state index contributed by atoms with van der Waals surface area (Å²) in [6, 6.07) is 7.61. The maximum atomic E-state index is 12.2. The van der Waals surface area contributed by atoms with Gasteiger partial charge in [0.1, 0.15) is 5.76 Å². The standard InChI is InChI=1S/C22H29ClN2O2/c1-14-5-7-19(18(23)9-14)24-21(26)8-6-17-12-20(27-25-17)16-10-15(11-16)13-22(2,3)4/h5,7,9,12,15-16H,6,8,10-11,13H2,1-4H3,(H,24,26). The van der Waals surface area contributed by atoms with E-state index in [1.165, 1.54) is 19.3 Å². The number of rotatable bonds is 6. The van der Waals surface area contributed by atoms with Crippen LogP contribution >= 0.6 is 11.6 Å². The number of aryl methyl sites for hydroxylation is 2. The molecule has 0 atom stereocenters. The number of halogens is 1. The Balaban J connectivity index is 1.45. The lowest BCUT2D eigenvalue weighted by Gasteiger charge is -2.37. The lowest BCUT2D eigenvalue weighted by molar-refractivity contribution is -0.116. The molecule has 5 heteroatoms. The lowest BCUT2D eigenvalue weighted by atomic mass is 9.67. The van der Waals surface area contributed by atoms with Gasteiger partial charge in [0.05, 0.1) is 16.4 Å². The highest BCUT2D eigenvalue weighted by Crippen LogP contribution is 2.46. The third-order valence-electron chi connectivity index (χ3n) is 5.12. The molecule has 0 radical (unpaired) electrons. The van der Waals surface area contributed by atoms with Gasteiger partial charge in [-0.15, -0.1) is 0 Å². The van der Waals surface area contributed by atoms with E-state index >= 15 is 0 Å². The topological polar surface area (TPSA) is 55.1 Å². The van der Waals surface area contributed by atoms with Gasteiger partial charge in [-0.1, -0.05) is 43.6 Å². The van der Waals surface area contributed by atoms with Crippen molar-refractivity contribution in [2.45, 2.75) is 65.7 Å². The van der Waals surface area contributed by atoms with Crippen LogP contribution in [-0.4, -0.2) is 11.1 Å².